The number of rotatable bonds is 4. The number of esters is 1. The Hall–Kier alpha value is -1.88. The molecule has 0 saturated carbocycles. The molecular formula is C19H24N2O2S. The summed E-state index contributed by atoms with van der Waals surface area (Å²) in [5.74, 6) is -0.00740. The summed E-state index contributed by atoms with van der Waals surface area (Å²) < 4.78 is 5.14. The number of aromatic nitrogens is 1. The summed E-state index contributed by atoms with van der Waals surface area (Å²) in [6, 6.07) is 6.35. The van der Waals surface area contributed by atoms with Gasteiger partial charge in [-0.15, -0.1) is 11.3 Å². The number of thiazole rings is 1. The summed E-state index contributed by atoms with van der Waals surface area (Å²) >= 11 is 1.68. The van der Waals surface area contributed by atoms with E-state index in [1.165, 1.54) is 16.7 Å². The highest BCUT2D eigenvalue weighted by molar-refractivity contribution is 7.14. The molecule has 0 aliphatic carbocycles. The lowest BCUT2D eigenvalue weighted by atomic mass is 9.97. The molecule has 0 N–H and O–H groups in total. The minimum absolute atomic E-state index is 0.0413. The average Bonchev–Trinajstić information content (AvgIpc) is 3.07. The zero-order valence-electron chi connectivity index (χ0n) is 14.5. The Labute approximate surface area is 147 Å². The van der Waals surface area contributed by atoms with Crippen LogP contribution in [0.5, 0.6) is 0 Å². The number of anilines is 1. The molecule has 1 aliphatic rings. The molecule has 0 unspecified atom stereocenters. The Bertz CT molecular complexity index is 718. The maximum Gasteiger partial charge on any atom is 0.309 e. The molecule has 5 heteroatoms. The molecule has 0 spiro atoms. The summed E-state index contributed by atoms with van der Waals surface area (Å²) in [6.07, 6.45) is 1.69. The second-order valence-corrected chi connectivity index (χ2v) is 7.11. The van der Waals surface area contributed by atoms with Crippen molar-refractivity contribution in [2.75, 3.05) is 24.6 Å². The number of carbonyl (C=O) groups is 1. The molecular weight excluding hydrogens is 320 g/mol. The van der Waals surface area contributed by atoms with Gasteiger partial charge in [0.05, 0.1) is 18.2 Å². The van der Waals surface area contributed by atoms with E-state index in [1.807, 2.05) is 6.92 Å². The number of benzene rings is 1. The van der Waals surface area contributed by atoms with E-state index in [1.54, 1.807) is 11.3 Å². The van der Waals surface area contributed by atoms with Gasteiger partial charge in [0.1, 0.15) is 0 Å². The van der Waals surface area contributed by atoms with Gasteiger partial charge >= 0.3 is 5.97 Å². The first-order valence-corrected chi connectivity index (χ1v) is 9.41. The molecule has 1 saturated heterocycles. The third-order valence-electron chi connectivity index (χ3n) is 4.76. The molecule has 0 atom stereocenters. The van der Waals surface area contributed by atoms with Gasteiger partial charge in [-0.1, -0.05) is 18.2 Å². The van der Waals surface area contributed by atoms with E-state index < -0.39 is 0 Å². The molecule has 1 fully saturated rings. The molecule has 1 aromatic heterocycles. The van der Waals surface area contributed by atoms with Gasteiger partial charge in [-0.05, 0) is 44.7 Å². The van der Waals surface area contributed by atoms with E-state index in [2.05, 4.69) is 42.3 Å². The topological polar surface area (TPSA) is 42.4 Å². The van der Waals surface area contributed by atoms with Gasteiger partial charge < -0.3 is 9.64 Å². The number of ether oxygens (including phenoxy) is 1. The summed E-state index contributed by atoms with van der Waals surface area (Å²) in [7, 11) is 0. The van der Waals surface area contributed by atoms with Crippen LogP contribution < -0.4 is 4.90 Å². The van der Waals surface area contributed by atoms with E-state index in [9.17, 15) is 4.79 Å². The zero-order chi connectivity index (χ0) is 17.1. The van der Waals surface area contributed by atoms with Crippen molar-refractivity contribution >= 4 is 22.4 Å². The first kappa shape index (κ1) is 17.0. The quantitative estimate of drug-likeness (QED) is 0.779. The van der Waals surface area contributed by atoms with Crippen LogP contribution in [0.2, 0.25) is 0 Å². The van der Waals surface area contributed by atoms with Gasteiger partial charge in [-0.2, -0.15) is 0 Å². The largest absolute Gasteiger partial charge is 0.466 e. The number of hydrogen-bond donors (Lipinski definition) is 0. The Morgan fingerprint density at radius 1 is 1.33 bits per heavy atom. The number of nitrogens with zero attached hydrogens (tertiary/aromatic N) is 2. The van der Waals surface area contributed by atoms with Crippen molar-refractivity contribution in [3.8, 4) is 11.3 Å². The highest BCUT2D eigenvalue weighted by Crippen LogP contribution is 2.32. The van der Waals surface area contributed by atoms with Crippen LogP contribution in [-0.2, 0) is 9.53 Å². The number of piperidine rings is 1. The van der Waals surface area contributed by atoms with Crippen molar-refractivity contribution in [2.24, 2.45) is 5.92 Å². The summed E-state index contributed by atoms with van der Waals surface area (Å²) in [5, 5.41) is 3.18. The van der Waals surface area contributed by atoms with Gasteiger partial charge in [0, 0.05) is 24.0 Å². The normalized spacial score (nSPS) is 15.5. The number of hydrogen-bond acceptors (Lipinski definition) is 5. The van der Waals surface area contributed by atoms with E-state index in [0.717, 1.165) is 36.8 Å². The molecule has 24 heavy (non-hydrogen) atoms. The highest BCUT2D eigenvalue weighted by atomic mass is 32.1. The molecule has 3 rings (SSSR count). The third-order valence-corrected chi connectivity index (χ3v) is 5.66. The van der Waals surface area contributed by atoms with Gasteiger partial charge in [0.2, 0.25) is 0 Å². The second-order valence-electron chi connectivity index (χ2n) is 6.28. The van der Waals surface area contributed by atoms with Crippen LogP contribution in [0.25, 0.3) is 11.3 Å². The van der Waals surface area contributed by atoms with Crippen LogP contribution in [0, 0.1) is 19.8 Å². The lowest BCUT2D eigenvalue weighted by Crippen LogP contribution is -2.36. The Morgan fingerprint density at radius 2 is 2.08 bits per heavy atom. The monoisotopic (exact) mass is 344 g/mol. The fraction of sp³-hybridized carbons (Fsp3) is 0.474. The summed E-state index contributed by atoms with van der Waals surface area (Å²) in [6.45, 7) is 8.33. The average molecular weight is 344 g/mol. The van der Waals surface area contributed by atoms with E-state index >= 15 is 0 Å². The van der Waals surface area contributed by atoms with Crippen molar-refractivity contribution in [3.05, 3.63) is 34.7 Å². The first-order valence-electron chi connectivity index (χ1n) is 8.53. The lowest BCUT2D eigenvalue weighted by molar-refractivity contribution is -0.148. The SMILES string of the molecule is CCOC(=O)C1CCN(c2nc(-c3cccc(C)c3C)cs2)CC1. The Kier molecular flexibility index (Phi) is 5.19. The molecule has 1 aliphatic heterocycles. The summed E-state index contributed by atoms with van der Waals surface area (Å²) in [5.41, 5.74) is 4.83. The fourth-order valence-electron chi connectivity index (χ4n) is 3.13. The van der Waals surface area contributed by atoms with E-state index in [-0.39, 0.29) is 11.9 Å². The fourth-order valence-corrected chi connectivity index (χ4v) is 4.01. The smallest absolute Gasteiger partial charge is 0.309 e. The maximum absolute atomic E-state index is 11.8. The number of aryl methyl sites for hydroxylation is 1. The molecule has 0 amide bonds. The maximum atomic E-state index is 11.8. The Morgan fingerprint density at radius 3 is 2.79 bits per heavy atom. The van der Waals surface area contributed by atoms with Crippen molar-refractivity contribution in [2.45, 2.75) is 33.6 Å². The highest BCUT2D eigenvalue weighted by Gasteiger charge is 2.27. The van der Waals surface area contributed by atoms with Crippen molar-refractivity contribution in [3.63, 3.8) is 0 Å². The predicted molar refractivity (Wildman–Crippen MR) is 98.6 cm³/mol. The van der Waals surface area contributed by atoms with Crippen LogP contribution in [0.3, 0.4) is 0 Å². The van der Waals surface area contributed by atoms with Crippen molar-refractivity contribution in [1.29, 1.82) is 0 Å². The molecule has 1 aromatic carbocycles. The van der Waals surface area contributed by atoms with Crippen molar-refractivity contribution in [1.82, 2.24) is 4.98 Å². The minimum Gasteiger partial charge on any atom is -0.466 e. The predicted octanol–water partition coefficient (Wildman–Crippen LogP) is 4.21. The van der Waals surface area contributed by atoms with Crippen LogP contribution in [-0.4, -0.2) is 30.6 Å². The standard InChI is InChI=1S/C19H24N2O2S/c1-4-23-18(22)15-8-10-21(11-9-15)19-20-17(12-24-19)16-7-5-6-13(2)14(16)3/h5-7,12,15H,4,8-11H2,1-3H3. The van der Waals surface area contributed by atoms with Crippen LogP contribution in [0.1, 0.15) is 30.9 Å². The Balaban J connectivity index is 1.69. The molecule has 4 nitrogen and oxygen atoms in total. The molecule has 2 aromatic rings. The second kappa shape index (κ2) is 7.34. The van der Waals surface area contributed by atoms with Crippen LogP contribution in [0.15, 0.2) is 23.6 Å². The van der Waals surface area contributed by atoms with Crippen LogP contribution >= 0.6 is 11.3 Å². The minimum atomic E-state index is -0.0487. The first-order chi connectivity index (χ1) is 11.6. The van der Waals surface area contributed by atoms with E-state index in [4.69, 9.17) is 9.72 Å². The lowest BCUT2D eigenvalue weighted by Gasteiger charge is -2.30. The van der Waals surface area contributed by atoms with Crippen LogP contribution in [0.4, 0.5) is 5.13 Å². The molecule has 2 heterocycles. The van der Waals surface area contributed by atoms with E-state index in [0.29, 0.717) is 6.61 Å². The molecule has 0 bridgehead atoms. The zero-order valence-corrected chi connectivity index (χ0v) is 15.4. The van der Waals surface area contributed by atoms with Gasteiger partial charge in [0.15, 0.2) is 5.13 Å². The van der Waals surface area contributed by atoms with Crippen molar-refractivity contribution < 1.29 is 9.53 Å². The molecule has 128 valence electrons. The van der Waals surface area contributed by atoms with Gasteiger partial charge in [-0.3, -0.25) is 4.79 Å². The number of carbonyl (C=O) groups excluding carboxylic acids is 1. The van der Waals surface area contributed by atoms with Gasteiger partial charge in [0.25, 0.3) is 0 Å². The third kappa shape index (κ3) is 3.46. The van der Waals surface area contributed by atoms with Gasteiger partial charge in [-0.25, -0.2) is 4.98 Å². The summed E-state index contributed by atoms with van der Waals surface area (Å²) in [4.78, 5) is 19.0. The molecule has 0 radical (unpaired) electrons.